The second-order valence-corrected chi connectivity index (χ2v) is 3.95. The summed E-state index contributed by atoms with van der Waals surface area (Å²) >= 11 is 0. The van der Waals surface area contributed by atoms with Crippen LogP contribution in [0.2, 0.25) is 0 Å². The zero-order valence-corrected chi connectivity index (χ0v) is 8.90. The van der Waals surface area contributed by atoms with Crippen LogP contribution in [-0.4, -0.2) is 38.2 Å². The number of imidazole rings is 1. The van der Waals surface area contributed by atoms with E-state index < -0.39 is 18.0 Å². The van der Waals surface area contributed by atoms with Crippen molar-refractivity contribution in [3.8, 4) is 0 Å². The number of rotatable bonds is 5. The molecule has 2 atom stereocenters. The highest BCUT2D eigenvalue weighted by atomic mass is 16.3. The highest BCUT2D eigenvalue weighted by molar-refractivity contribution is 5.87. The highest BCUT2D eigenvalue weighted by Crippen LogP contribution is 2.24. The number of carbonyl (C=O) groups excluding carboxylic acids is 1. The number of hydrogen-bond acceptors (Lipinski definition) is 4. The van der Waals surface area contributed by atoms with Gasteiger partial charge in [-0.05, 0) is 13.3 Å². The SMILES string of the molecule is CC(CC(C)(O)C(=O)CO)c1c[nH]cn1. The van der Waals surface area contributed by atoms with Crippen molar-refractivity contribution in [1.29, 1.82) is 0 Å². The first-order chi connectivity index (χ1) is 6.97. The topological polar surface area (TPSA) is 86.2 Å². The van der Waals surface area contributed by atoms with Crippen molar-refractivity contribution in [3.63, 3.8) is 0 Å². The molecule has 0 saturated heterocycles. The Morgan fingerprint density at radius 3 is 2.87 bits per heavy atom. The molecule has 0 saturated carbocycles. The number of ketones is 1. The monoisotopic (exact) mass is 212 g/mol. The summed E-state index contributed by atoms with van der Waals surface area (Å²) in [5.41, 5.74) is -0.700. The number of nitrogens with zero attached hydrogens (tertiary/aromatic N) is 1. The van der Waals surface area contributed by atoms with Crippen molar-refractivity contribution < 1.29 is 15.0 Å². The minimum Gasteiger partial charge on any atom is -0.388 e. The third kappa shape index (κ3) is 2.87. The summed E-state index contributed by atoms with van der Waals surface area (Å²) in [5.74, 6) is -0.605. The molecule has 0 bridgehead atoms. The Labute approximate surface area is 88.2 Å². The fourth-order valence-electron chi connectivity index (χ4n) is 1.53. The molecule has 1 rings (SSSR count). The summed E-state index contributed by atoms with van der Waals surface area (Å²) in [6, 6.07) is 0. The van der Waals surface area contributed by atoms with Gasteiger partial charge >= 0.3 is 0 Å². The van der Waals surface area contributed by atoms with Crippen molar-refractivity contribution in [2.24, 2.45) is 0 Å². The predicted molar refractivity (Wildman–Crippen MR) is 54.3 cm³/mol. The lowest BCUT2D eigenvalue weighted by molar-refractivity contribution is -0.139. The second kappa shape index (κ2) is 4.55. The molecule has 0 spiro atoms. The number of H-pyrrole nitrogens is 1. The van der Waals surface area contributed by atoms with Crippen molar-refractivity contribution in [3.05, 3.63) is 18.2 Å². The second-order valence-electron chi connectivity index (χ2n) is 3.95. The van der Waals surface area contributed by atoms with Gasteiger partial charge in [0.1, 0.15) is 12.2 Å². The van der Waals surface area contributed by atoms with Gasteiger partial charge in [0.25, 0.3) is 0 Å². The van der Waals surface area contributed by atoms with Crippen LogP contribution in [0.15, 0.2) is 12.5 Å². The van der Waals surface area contributed by atoms with Crippen molar-refractivity contribution >= 4 is 5.78 Å². The van der Waals surface area contributed by atoms with Crippen LogP contribution in [-0.2, 0) is 4.79 Å². The average molecular weight is 212 g/mol. The lowest BCUT2D eigenvalue weighted by Gasteiger charge is -2.23. The normalized spacial score (nSPS) is 17.1. The molecule has 0 radical (unpaired) electrons. The Kier molecular flexibility index (Phi) is 3.60. The first-order valence-electron chi connectivity index (χ1n) is 4.82. The van der Waals surface area contributed by atoms with Gasteiger partial charge in [0, 0.05) is 12.1 Å². The van der Waals surface area contributed by atoms with E-state index in [1.54, 1.807) is 12.5 Å². The van der Waals surface area contributed by atoms with Crippen LogP contribution in [0.25, 0.3) is 0 Å². The Balaban J connectivity index is 2.65. The Hall–Kier alpha value is -1.20. The molecule has 5 heteroatoms. The number of aliphatic hydroxyl groups is 2. The highest BCUT2D eigenvalue weighted by Gasteiger charge is 2.31. The minimum atomic E-state index is -1.49. The first kappa shape index (κ1) is 11.9. The number of aromatic amines is 1. The molecule has 3 N–H and O–H groups in total. The number of nitrogens with one attached hydrogen (secondary N) is 1. The molecule has 1 aromatic rings. The number of aliphatic hydroxyl groups excluding tert-OH is 1. The smallest absolute Gasteiger partial charge is 0.189 e. The summed E-state index contributed by atoms with van der Waals surface area (Å²) in [6.45, 7) is 2.64. The molecule has 0 aliphatic rings. The predicted octanol–water partition coefficient (Wildman–Crippen LogP) is 0.216. The van der Waals surface area contributed by atoms with E-state index in [9.17, 15) is 9.90 Å². The van der Waals surface area contributed by atoms with Crippen LogP contribution in [0.4, 0.5) is 0 Å². The summed E-state index contributed by atoms with van der Waals surface area (Å²) in [5, 5.41) is 18.5. The third-order valence-electron chi connectivity index (χ3n) is 2.47. The molecule has 2 unspecified atom stereocenters. The van der Waals surface area contributed by atoms with Gasteiger partial charge in [0.2, 0.25) is 0 Å². The maximum Gasteiger partial charge on any atom is 0.189 e. The van der Waals surface area contributed by atoms with Crippen molar-refractivity contribution in [2.75, 3.05) is 6.61 Å². The van der Waals surface area contributed by atoms with Crippen LogP contribution >= 0.6 is 0 Å². The van der Waals surface area contributed by atoms with Crippen LogP contribution in [0, 0.1) is 0 Å². The molecule has 0 aliphatic carbocycles. The number of aromatic nitrogens is 2. The van der Waals surface area contributed by atoms with Gasteiger partial charge in [0.05, 0.1) is 12.0 Å². The molecule has 15 heavy (non-hydrogen) atoms. The van der Waals surface area contributed by atoms with Gasteiger partial charge in [-0.3, -0.25) is 4.79 Å². The van der Waals surface area contributed by atoms with E-state index in [0.29, 0.717) is 0 Å². The summed E-state index contributed by atoms with van der Waals surface area (Å²) in [4.78, 5) is 18.1. The largest absolute Gasteiger partial charge is 0.388 e. The molecule has 0 aliphatic heterocycles. The van der Waals surface area contributed by atoms with Gasteiger partial charge in [-0.15, -0.1) is 0 Å². The fourth-order valence-corrected chi connectivity index (χ4v) is 1.53. The first-order valence-corrected chi connectivity index (χ1v) is 4.82. The molecule has 1 aromatic heterocycles. The fraction of sp³-hybridized carbons (Fsp3) is 0.600. The van der Waals surface area contributed by atoms with Gasteiger partial charge in [-0.25, -0.2) is 4.98 Å². The van der Waals surface area contributed by atoms with Crippen LogP contribution in [0.3, 0.4) is 0 Å². The van der Waals surface area contributed by atoms with E-state index in [2.05, 4.69) is 9.97 Å². The number of carbonyl (C=O) groups is 1. The molecule has 84 valence electrons. The minimum absolute atomic E-state index is 0.0400. The van der Waals surface area contributed by atoms with Crippen molar-refractivity contribution in [2.45, 2.75) is 31.8 Å². The quantitative estimate of drug-likeness (QED) is 0.651. The van der Waals surface area contributed by atoms with E-state index in [-0.39, 0.29) is 12.3 Å². The molecule has 5 nitrogen and oxygen atoms in total. The Morgan fingerprint density at radius 1 is 1.73 bits per heavy atom. The molecular formula is C10H16N2O3. The van der Waals surface area contributed by atoms with E-state index in [1.165, 1.54) is 6.92 Å². The van der Waals surface area contributed by atoms with E-state index in [0.717, 1.165) is 5.69 Å². The molecule has 1 heterocycles. The van der Waals surface area contributed by atoms with Crippen LogP contribution in [0.5, 0.6) is 0 Å². The van der Waals surface area contributed by atoms with E-state index >= 15 is 0 Å². The molecule has 0 amide bonds. The number of Topliss-reactive ketones (excluding diaryl/α,β-unsaturated/α-hetero) is 1. The third-order valence-corrected chi connectivity index (χ3v) is 2.47. The van der Waals surface area contributed by atoms with Crippen LogP contribution in [0.1, 0.15) is 31.9 Å². The maximum absolute atomic E-state index is 11.2. The van der Waals surface area contributed by atoms with Gasteiger partial charge in [0.15, 0.2) is 5.78 Å². The number of hydrogen-bond donors (Lipinski definition) is 3. The average Bonchev–Trinajstić information content (AvgIpc) is 2.68. The van der Waals surface area contributed by atoms with Gasteiger partial charge < -0.3 is 15.2 Å². The molecule has 0 aromatic carbocycles. The molecular weight excluding hydrogens is 196 g/mol. The summed E-state index contributed by atoms with van der Waals surface area (Å²) in [7, 11) is 0. The van der Waals surface area contributed by atoms with E-state index in [4.69, 9.17) is 5.11 Å². The maximum atomic E-state index is 11.2. The Morgan fingerprint density at radius 2 is 2.40 bits per heavy atom. The lowest BCUT2D eigenvalue weighted by Crippen LogP contribution is -2.38. The summed E-state index contributed by atoms with van der Waals surface area (Å²) < 4.78 is 0. The Bertz CT molecular complexity index is 319. The lowest BCUT2D eigenvalue weighted by atomic mass is 9.88. The van der Waals surface area contributed by atoms with Crippen LogP contribution < -0.4 is 0 Å². The molecule has 0 fully saturated rings. The van der Waals surface area contributed by atoms with Gasteiger partial charge in [-0.2, -0.15) is 0 Å². The standard InChI is InChI=1S/C10H16N2O3/c1-7(8-4-11-6-12-8)3-10(2,15)9(14)5-13/h4,6-7,13,15H,3,5H2,1-2H3,(H,11,12). The zero-order valence-electron chi connectivity index (χ0n) is 8.90. The van der Waals surface area contributed by atoms with Gasteiger partial charge in [-0.1, -0.05) is 6.92 Å². The van der Waals surface area contributed by atoms with Crippen molar-refractivity contribution in [1.82, 2.24) is 9.97 Å². The van der Waals surface area contributed by atoms with E-state index in [1.807, 2.05) is 6.92 Å². The summed E-state index contributed by atoms with van der Waals surface area (Å²) in [6.07, 6.45) is 3.52. The zero-order chi connectivity index (χ0) is 11.5.